The van der Waals surface area contributed by atoms with Gasteiger partial charge in [-0.05, 0) is 43.3 Å². The molecule has 2 saturated heterocycles. The first-order chi connectivity index (χ1) is 16.7. The minimum atomic E-state index is -4.60. The van der Waals surface area contributed by atoms with Crippen molar-refractivity contribution in [3.8, 4) is 0 Å². The molecule has 35 heavy (non-hydrogen) atoms. The van der Waals surface area contributed by atoms with E-state index in [-0.39, 0.29) is 24.6 Å². The summed E-state index contributed by atoms with van der Waals surface area (Å²) in [6.07, 6.45) is -4.60. The Morgan fingerprint density at radius 1 is 0.914 bits per heavy atom. The van der Waals surface area contributed by atoms with Gasteiger partial charge in [-0.1, -0.05) is 12.1 Å². The number of ether oxygens (including phenoxy) is 1. The molecule has 7 nitrogen and oxygen atoms in total. The van der Waals surface area contributed by atoms with Crippen LogP contribution < -0.4 is 10.2 Å². The van der Waals surface area contributed by atoms with Crippen molar-refractivity contribution in [1.29, 1.82) is 0 Å². The van der Waals surface area contributed by atoms with Crippen LogP contribution in [0.4, 0.5) is 24.5 Å². The molecule has 0 aliphatic carbocycles. The second kappa shape index (κ2) is 10.7. The number of carbonyl (C=O) groups excluding carboxylic acids is 2. The quantitative estimate of drug-likeness (QED) is 0.697. The van der Waals surface area contributed by atoms with Crippen LogP contribution in [-0.4, -0.2) is 80.1 Å². The molecule has 0 saturated carbocycles. The number of hydrogen-bond acceptors (Lipinski definition) is 5. The average Bonchev–Trinajstić information content (AvgIpc) is 2.88. The molecule has 2 aromatic carbocycles. The van der Waals surface area contributed by atoms with E-state index < -0.39 is 23.7 Å². The molecule has 2 heterocycles. The minimum Gasteiger partial charge on any atom is -0.378 e. The lowest BCUT2D eigenvalue weighted by Gasteiger charge is -2.37. The normalized spacial score (nSPS) is 18.3. The van der Waals surface area contributed by atoms with Crippen LogP contribution in [0.25, 0.3) is 0 Å². The predicted molar refractivity (Wildman–Crippen MR) is 126 cm³/mol. The van der Waals surface area contributed by atoms with Crippen LogP contribution in [0.1, 0.15) is 22.8 Å². The number of alkyl halides is 3. The number of anilines is 2. The molecule has 2 fully saturated rings. The highest BCUT2D eigenvalue weighted by Crippen LogP contribution is 2.32. The minimum absolute atomic E-state index is 0.175. The van der Waals surface area contributed by atoms with Crippen molar-refractivity contribution in [2.45, 2.75) is 19.1 Å². The predicted octanol–water partition coefficient (Wildman–Crippen LogP) is 3.33. The summed E-state index contributed by atoms with van der Waals surface area (Å²) in [7, 11) is 0. The van der Waals surface area contributed by atoms with Gasteiger partial charge >= 0.3 is 6.18 Å². The fourth-order valence-electron chi connectivity index (χ4n) is 4.39. The summed E-state index contributed by atoms with van der Waals surface area (Å²) in [5.41, 5.74) is 0.489. The van der Waals surface area contributed by atoms with Gasteiger partial charge < -0.3 is 19.9 Å². The lowest BCUT2D eigenvalue weighted by molar-refractivity contribution is -0.138. The SMILES string of the molecule is CC(C(=O)Nc1ccc(N2CCOCC2)cc1)N1CCN(C(=O)c2ccccc2C(F)(F)F)CC1. The first-order valence-corrected chi connectivity index (χ1v) is 11.7. The first-order valence-electron chi connectivity index (χ1n) is 11.7. The molecule has 2 amide bonds. The number of piperazine rings is 1. The molecule has 2 aromatic rings. The molecule has 1 unspecified atom stereocenters. The third-order valence-electron chi connectivity index (χ3n) is 6.50. The lowest BCUT2D eigenvalue weighted by atomic mass is 10.1. The Morgan fingerprint density at radius 2 is 1.54 bits per heavy atom. The van der Waals surface area contributed by atoms with E-state index in [1.165, 1.54) is 23.1 Å². The number of amides is 2. The maximum atomic E-state index is 13.3. The van der Waals surface area contributed by atoms with Crippen molar-refractivity contribution in [3.05, 3.63) is 59.7 Å². The van der Waals surface area contributed by atoms with E-state index in [0.717, 1.165) is 24.8 Å². The Kier molecular flexibility index (Phi) is 7.61. The Balaban J connectivity index is 1.31. The largest absolute Gasteiger partial charge is 0.417 e. The van der Waals surface area contributed by atoms with E-state index in [1.54, 1.807) is 6.92 Å². The summed E-state index contributed by atoms with van der Waals surface area (Å²) in [5.74, 6) is -0.818. The third-order valence-corrected chi connectivity index (χ3v) is 6.50. The number of carbonyl (C=O) groups is 2. The Bertz CT molecular complexity index is 1030. The first kappa shape index (κ1) is 25.0. The molecule has 0 bridgehead atoms. The van der Waals surface area contributed by atoms with Gasteiger partial charge in [-0.2, -0.15) is 13.2 Å². The number of morpholine rings is 1. The van der Waals surface area contributed by atoms with Crippen molar-refractivity contribution in [1.82, 2.24) is 9.80 Å². The van der Waals surface area contributed by atoms with Gasteiger partial charge in [0.05, 0.1) is 30.4 Å². The van der Waals surface area contributed by atoms with Gasteiger partial charge in [0.2, 0.25) is 5.91 Å². The maximum Gasteiger partial charge on any atom is 0.417 e. The van der Waals surface area contributed by atoms with Crippen LogP contribution in [0.3, 0.4) is 0 Å². The average molecular weight is 491 g/mol. The zero-order valence-electron chi connectivity index (χ0n) is 19.6. The summed E-state index contributed by atoms with van der Waals surface area (Å²) in [6.45, 7) is 6.13. The number of halogens is 3. The summed E-state index contributed by atoms with van der Waals surface area (Å²) in [5, 5.41) is 2.92. The standard InChI is InChI=1S/C25H29F3N4O3/c1-18(23(33)29-19-6-8-20(9-7-19)31-14-16-35-17-15-31)30-10-12-32(13-11-30)24(34)21-4-2-3-5-22(21)25(26,27)28/h2-9,18H,10-17H2,1H3,(H,29,33). The highest BCUT2D eigenvalue weighted by molar-refractivity contribution is 5.96. The number of hydrogen-bond donors (Lipinski definition) is 1. The van der Waals surface area contributed by atoms with Crippen LogP contribution >= 0.6 is 0 Å². The molecule has 188 valence electrons. The van der Waals surface area contributed by atoms with Crippen LogP contribution in [0.15, 0.2) is 48.5 Å². The second-order valence-corrected chi connectivity index (χ2v) is 8.68. The van der Waals surface area contributed by atoms with Crippen LogP contribution in [-0.2, 0) is 15.7 Å². The van der Waals surface area contributed by atoms with Crippen LogP contribution in [0.5, 0.6) is 0 Å². The molecule has 2 aliphatic rings. The monoisotopic (exact) mass is 490 g/mol. The van der Waals surface area contributed by atoms with E-state index in [4.69, 9.17) is 4.74 Å². The number of benzene rings is 2. The topological polar surface area (TPSA) is 65.1 Å². The van der Waals surface area contributed by atoms with Gasteiger partial charge in [-0.25, -0.2) is 0 Å². The Labute approximate surface area is 202 Å². The lowest BCUT2D eigenvalue weighted by Crippen LogP contribution is -2.54. The van der Waals surface area contributed by atoms with E-state index in [9.17, 15) is 22.8 Å². The van der Waals surface area contributed by atoms with E-state index in [2.05, 4.69) is 10.2 Å². The van der Waals surface area contributed by atoms with Crippen molar-refractivity contribution in [2.24, 2.45) is 0 Å². The van der Waals surface area contributed by atoms with Crippen LogP contribution in [0, 0.1) is 0 Å². The molecular formula is C25H29F3N4O3. The molecule has 2 aliphatic heterocycles. The van der Waals surface area contributed by atoms with Crippen molar-refractivity contribution in [3.63, 3.8) is 0 Å². The van der Waals surface area contributed by atoms with Crippen LogP contribution in [0.2, 0.25) is 0 Å². The smallest absolute Gasteiger partial charge is 0.378 e. The van der Waals surface area contributed by atoms with Crippen molar-refractivity contribution >= 4 is 23.2 Å². The summed E-state index contributed by atoms with van der Waals surface area (Å²) in [4.78, 5) is 31.2. The summed E-state index contributed by atoms with van der Waals surface area (Å²) >= 11 is 0. The van der Waals surface area contributed by atoms with E-state index in [1.807, 2.05) is 29.2 Å². The van der Waals surface area contributed by atoms with Gasteiger partial charge in [-0.15, -0.1) is 0 Å². The van der Waals surface area contributed by atoms with Crippen molar-refractivity contribution in [2.75, 3.05) is 62.7 Å². The molecule has 0 aromatic heterocycles. The Hall–Kier alpha value is -3.11. The van der Waals surface area contributed by atoms with E-state index >= 15 is 0 Å². The molecule has 4 rings (SSSR count). The Morgan fingerprint density at radius 3 is 2.17 bits per heavy atom. The van der Waals surface area contributed by atoms with Gasteiger partial charge in [0.25, 0.3) is 5.91 Å². The number of nitrogens with one attached hydrogen (secondary N) is 1. The fourth-order valence-corrected chi connectivity index (χ4v) is 4.39. The van der Waals surface area contributed by atoms with Crippen molar-refractivity contribution < 1.29 is 27.5 Å². The molecular weight excluding hydrogens is 461 g/mol. The van der Waals surface area contributed by atoms with Gasteiger partial charge in [0.15, 0.2) is 0 Å². The van der Waals surface area contributed by atoms with Gasteiger partial charge in [0, 0.05) is 50.6 Å². The van der Waals surface area contributed by atoms with E-state index in [0.29, 0.717) is 32.0 Å². The molecule has 1 atom stereocenters. The highest BCUT2D eigenvalue weighted by atomic mass is 19.4. The van der Waals surface area contributed by atoms with Gasteiger partial charge in [-0.3, -0.25) is 14.5 Å². The highest BCUT2D eigenvalue weighted by Gasteiger charge is 2.36. The molecule has 1 N–H and O–H groups in total. The number of rotatable bonds is 5. The second-order valence-electron chi connectivity index (χ2n) is 8.68. The summed E-state index contributed by atoms with van der Waals surface area (Å²) in [6, 6.07) is 12.0. The molecule has 0 spiro atoms. The zero-order valence-corrected chi connectivity index (χ0v) is 19.6. The molecule has 0 radical (unpaired) electrons. The fraction of sp³-hybridized carbons (Fsp3) is 0.440. The molecule has 10 heteroatoms. The summed E-state index contributed by atoms with van der Waals surface area (Å²) < 4.78 is 45.3. The number of nitrogens with zero attached hydrogens (tertiary/aromatic N) is 3. The third kappa shape index (κ3) is 5.94. The maximum absolute atomic E-state index is 13.3. The zero-order chi connectivity index (χ0) is 25.0. The van der Waals surface area contributed by atoms with Gasteiger partial charge in [0.1, 0.15) is 0 Å².